The maximum absolute atomic E-state index is 13.7. The standard InChI is InChI=1S/C24H18FN3O3/c25-18-9-11-20(28-24(30)21-7-3-4-12-26-21)22(14-18)27-23(29)15-31-19-10-8-16-5-1-2-6-17(16)13-19/h1-14H,15H2,(H,27,29)(H,28,30). The molecule has 0 unspecified atom stereocenters. The number of fused-ring (bicyclic) bond motifs is 1. The molecular formula is C24H18FN3O3. The Kier molecular flexibility index (Phi) is 5.84. The van der Waals surface area contributed by atoms with E-state index in [1.807, 2.05) is 36.4 Å². The van der Waals surface area contributed by atoms with Gasteiger partial charge in [-0.05, 0) is 53.2 Å². The molecule has 0 aliphatic carbocycles. The molecule has 0 aliphatic rings. The highest BCUT2D eigenvalue weighted by Crippen LogP contribution is 2.24. The summed E-state index contributed by atoms with van der Waals surface area (Å²) in [5.41, 5.74) is 0.566. The van der Waals surface area contributed by atoms with Crippen molar-refractivity contribution in [3.63, 3.8) is 0 Å². The molecule has 1 heterocycles. The first-order valence-electron chi connectivity index (χ1n) is 9.52. The van der Waals surface area contributed by atoms with Crippen LogP contribution in [0, 0.1) is 5.82 Å². The smallest absolute Gasteiger partial charge is 0.274 e. The highest BCUT2D eigenvalue weighted by Gasteiger charge is 2.13. The number of nitrogens with zero attached hydrogens (tertiary/aromatic N) is 1. The Morgan fingerprint density at radius 1 is 0.839 bits per heavy atom. The van der Waals surface area contributed by atoms with Crippen LogP contribution in [-0.2, 0) is 4.79 Å². The predicted molar refractivity (Wildman–Crippen MR) is 117 cm³/mol. The number of halogens is 1. The van der Waals surface area contributed by atoms with Crippen LogP contribution in [0.25, 0.3) is 10.8 Å². The number of carbonyl (C=O) groups excluding carboxylic acids is 2. The van der Waals surface area contributed by atoms with E-state index in [1.165, 1.54) is 18.3 Å². The summed E-state index contributed by atoms with van der Waals surface area (Å²) in [5.74, 6) is -0.986. The van der Waals surface area contributed by atoms with Gasteiger partial charge in [0.1, 0.15) is 17.3 Å². The lowest BCUT2D eigenvalue weighted by molar-refractivity contribution is -0.118. The molecule has 0 bridgehead atoms. The van der Waals surface area contributed by atoms with Crippen LogP contribution in [0.3, 0.4) is 0 Å². The molecule has 0 saturated heterocycles. The van der Waals surface area contributed by atoms with Crippen LogP contribution in [0.5, 0.6) is 5.75 Å². The van der Waals surface area contributed by atoms with Crippen molar-refractivity contribution < 1.29 is 18.7 Å². The van der Waals surface area contributed by atoms with E-state index < -0.39 is 17.6 Å². The van der Waals surface area contributed by atoms with Crippen molar-refractivity contribution in [1.82, 2.24) is 4.98 Å². The Morgan fingerprint density at radius 2 is 1.65 bits per heavy atom. The Bertz CT molecular complexity index is 1250. The molecule has 2 amide bonds. The summed E-state index contributed by atoms with van der Waals surface area (Å²) in [7, 11) is 0. The fraction of sp³-hybridized carbons (Fsp3) is 0.0417. The summed E-state index contributed by atoms with van der Waals surface area (Å²) in [6.45, 7) is -0.275. The lowest BCUT2D eigenvalue weighted by atomic mass is 10.1. The van der Waals surface area contributed by atoms with Crippen LogP contribution in [0.1, 0.15) is 10.5 Å². The van der Waals surface area contributed by atoms with Crippen LogP contribution in [0.2, 0.25) is 0 Å². The van der Waals surface area contributed by atoms with Gasteiger partial charge >= 0.3 is 0 Å². The van der Waals surface area contributed by atoms with Crippen LogP contribution in [0.4, 0.5) is 15.8 Å². The molecule has 7 heteroatoms. The zero-order chi connectivity index (χ0) is 21.6. The Morgan fingerprint density at radius 3 is 2.45 bits per heavy atom. The van der Waals surface area contributed by atoms with Gasteiger partial charge in [0.2, 0.25) is 0 Å². The van der Waals surface area contributed by atoms with Crippen LogP contribution in [-0.4, -0.2) is 23.4 Å². The van der Waals surface area contributed by atoms with E-state index in [0.29, 0.717) is 5.75 Å². The quantitative estimate of drug-likeness (QED) is 0.481. The monoisotopic (exact) mass is 415 g/mol. The number of anilines is 2. The van der Waals surface area contributed by atoms with E-state index >= 15 is 0 Å². The van der Waals surface area contributed by atoms with Gasteiger partial charge in [0.25, 0.3) is 11.8 Å². The van der Waals surface area contributed by atoms with Gasteiger partial charge in [-0.2, -0.15) is 0 Å². The Hall–Kier alpha value is -4.26. The number of ether oxygens (including phenoxy) is 1. The molecule has 4 rings (SSSR count). The molecule has 2 N–H and O–H groups in total. The minimum Gasteiger partial charge on any atom is -0.484 e. The third-order valence-electron chi connectivity index (χ3n) is 4.49. The van der Waals surface area contributed by atoms with Crippen molar-refractivity contribution in [2.45, 2.75) is 0 Å². The first-order chi connectivity index (χ1) is 15.1. The maximum Gasteiger partial charge on any atom is 0.274 e. The molecule has 0 saturated carbocycles. The summed E-state index contributed by atoms with van der Waals surface area (Å²) in [4.78, 5) is 28.7. The number of benzene rings is 3. The fourth-order valence-corrected chi connectivity index (χ4v) is 3.00. The minimum absolute atomic E-state index is 0.122. The molecule has 6 nitrogen and oxygen atoms in total. The second-order valence-corrected chi connectivity index (χ2v) is 6.70. The van der Waals surface area contributed by atoms with E-state index in [0.717, 1.165) is 16.8 Å². The van der Waals surface area contributed by atoms with E-state index in [2.05, 4.69) is 15.6 Å². The fourth-order valence-electron chi connectivity index (χ4n) is 3.00. The average molecular weight is 415 g/mol. The number of carbonyl (C=O) groups is 2. The normalized spacial score (nSPS) is 10.5. The molecule has 0 aliphatic heterocycles. The van der Waals surface area contributed by atoms with E-state index in [4.69, 9.17) is 4.74 Å². The average Bonchev–Trinajstić information content (AvgIpc) is 2.80. The zero-order valence-electron chi connectivity index (χ0n) is 16.3. The molecule has 0 radical (unpaired) electrons. The lowest BCUT2D eigenvalue weighted by Crippen LogP contribution is -2.22. The second-order valence-electron chi connectivity index (χ2n) is 6.70. The molecule has 0 spiro atoms. The van der Waals surface area contributed by atoms with Crippen molar-refractivity contribution in [2.24, 2.45) is 0 Å². The van der Waals surface area contributed by atoms with Crippen LogP contribution >= 0.6 is 0 Å². The van der Waals surface area contributed by atoms with Gasteiger partial charge in [-0.15, -0.1) is 0 Å². The number of hydrogen-bond acceptors (Lipinski definition) is 4. The predicted octanol–water partition coefficient (Wildman–Crippen LogP) is 4.64. The molecule has 31 heavy (non-hydrogen) atoms. The summed E-state index contributed by atoms with van der Waals surface area (Å²) >= 11 is 0. The van der Waals surface area contributed by atoms with Crippen molar-refractivity contribution >= 4 is 34.0 Å². The lowest BCUT2D eigenvalue weighted by Gasteiger charge is -2.13. The first kappa shape index (κ1) is 20.0. The number of rotatable bonds is 6. The number of aromatic nitrogens is 1. The third-order valence-corrected chi connectivity index (χ3v) is 4.49. The van der Waals surface area contributed by atoms with E-state index in [1.54, 1.807) is 24.3 Å². The van der Waals surface area contributed by atoms with Gasteiger partial charge in [-0.25, -0.2) is 4.39 Å². The van der Waals surface area contributed by atoms with Crippen molar-refractivity contribution in [3.8, 4) is 5.75 Å². The van der Waals surface area contributed by atoms with Crippen LogP contribution in [0.15, 0.2) is 85.1 Å². The van der Waals surface area contributed by atoms with E-state index in [9.17, 15) is 14.0 Å². The molecule has 154 valence electrons. The van der Waals surface area contributed by atoms with Gasteiger partial charge in [0.15, 0.2) is 6.61 Å². The molecule has 4 aromatic rings. The van der Waals surface area contributed by atoms with Gasteiger partial charge < -0.3 is 15.4 Å². The summed E-state index contributed by atoms with van der Waals surface area (Å²) in [5, 5.41) is 7.26. The van der Waals surface area contributed by atoms with Crippen molar-refractivity contribution in [3.05, 3.63) is 96.6 Å². The van der Waals surface area contributed by atoms with Crippen molar-refractivity contribution in [2.75, 3.05) is 17.2 Å². The number of nitrogens with one attached hydrogen (secondary N) is 2. The Balaban J connectivity index is 1.43. The van der Waals surface area contributed by atoms with Crippen molar-refractivity contribution in [1.29, 1.82) is 0 Å². The highest BCUT2D eigenvalue weighted by molar-refractivity contribution is 6.06. The zero-order valence-corrected chi connectivity index (χ0v) is 16.3. The molecule has 0 fully saturated rings. The highest BCUT2D eigenvalue weighted by atomic mass is 19.1. The Labute approximate surface area is 177 Å². The number of hydrogen-bond donors (Lipinski definition) is 2. The number of pyridine rings is 1. The molecule has 3 aromatic carbocycles. The first-order valence-corrected chi connectivity index (χ1v) is 9.52. The molecule has 1 aromatic heterocycles. The minimum atomic E-state index is -0.554. The van der Waals surface area contributed by atoms with Gasteiger partial charge in [0.05, 0.1) is 11.4 Å². The maximum atomic E-state index is 13.7. The SMILES string of the molecule is O=C(COc1ccc2ccccc2c1)Nc1cc(F)ccc1NC(=O)c1ccccn1. The summed E-state index contributed by atoms with van der Waals surface area (Å²) < 4.78 is 19.3. The second kappa shape index (κ2) is 9.04. The summed E-state index contributed by atoms with van der Waals surface area (Å²) in [6, 6.07) is 21.9. The van der Waals surface area contributed by atoms with Gasteiger partial charge in [-0.1, -0.05) is 36.4 Å². The largest absolute Gasteiger partial charge is 0.484 e. The van der Waals surface area contributed by atoms with E-state index in [-0.39, 0.29) is 23.7 Å². The third kappa shape index (κ3) is 5.02. The number of amides is 2. The van der Waals surface area contributed by atoms with Crippen LogP contribution < -0.4 is 15.4 Å². The molecular weight excluding hydrogens is 397 g/mol. The van der Waals surface area contributed by atoms with Gasteiger partial charge in [-0.3, -0.25) is 14.6 Å². The molecule has 0 atom stereocenters. The topological polar surface area (TPSA) is 80.3 Å². The van der Waals surface area contributed by atoms with Gasteiger partial charge in [0, 0.05) is 6.20 Å². The summed E-state index contributed by atoms with van der Waals surface area (Å²) in [6.07, 6.45) is 1.49.